The molecule has 1 saturated heterocycles. The molecule has 1 aromatic carbocycles. The van der Waals surface area contributed by atoms with Crippen molar-refractivity contribution in [3.8, 4) is 0 Å². The van der Waals surface area contributed by atoms with E-state index >= 15 is 0 Å². The molecule has 0 aliphatic carbocycles. The molecule has 1 N–H and O–H groups in total. The van der Waals surface area contributed by atoms with E-state index in [4.69, 9.17) is 21.4 Å². The Labute approximate surface area is 123 Å². The summed E-state index contributed by atoms with van der Waals surface area (Å²) in [6.07, 6.45) is 0.0174. The van der Waals surface area contributed by atoms with Gasteiger partial charge in [0.25, 0.3) is 0 Å². The molecule has 1 aliphatic rings. The first-order valence-electron chi connectivity index (χ1n) is 6.57. The molecule has 1 atom stereocenters. The Bertz CT molecular complexity index is 452. The average Bonchev–Trinajstić information content (AvgIpc) is 2.38. The molecule has 0 bridgehead atoms. The Balaban J connectivity index is 2.06. The molecule has 1 heterocycles. The van der Waals surface area contributed by atoms with E-state index in [0.717, 1.165) is 18.8 Å². The molecule has 0 aromatic heterocycles. The molecule has 20 heavy (non-hydrogen) atoms. The molecule has 0 saturated carbocycles. The van der Waals surface area contributed by atoms with Crippen LogP contribution < -0.4 is 4.90 Å². The van der Waals surface area contributed by atoms with Gasteiger partial charge in [-0.2, -0.15) is 0 Å². The second-order valence-electron chi connectivity index (χ2n) is 5.01. The monoisotopic (exact) mass is 298 g/mol. The van der Waals surface area contributed by atoms with E-state index in [2.05, 4.69) is 4.90 Å². The average molecular weight is 299 g/mol. The van der Waals surface area contributed by atoms with Crippen molar-refractivity contribution in [2.45, 2.75) is 6.10 Å². The van der Waals surface area contributed by atoms with E-state index in [0.29, 0.717) is 18.2 Å². The lowest BCUT2D eigenvalue weighted by Gasteiger charge is -2.34. The van der Waals surface area contributed by atoms with Gasteiger partial charge in [-0.05, 0) is 31.3 Å². The van der Waals surface area contributed by atoms with Gasteiger partial charge in [0.05, 0.1) is 12.7 Å². The van der Waals surface area contributed by atoms with Gasteiger partial charge in [-0.25, -0.2) is 0 Å². The number of rotatable bonds is 5. The number of carbonyl (C=O) groups is 1. The number of morpholine rings is 1. The van der Waals surface area contributed by atoms with Gasteiger partial charge in [0.1, 0.15) is 6.54 Å². The highest BCUT2D eigenvalue weighted by Gasteiger charge is 2.22. The van der Waals surface area contributed by atoms with Crippen LogP contribution in [0.2, 0.25) is 5.02 Å². The molecule has 1 unspecified atom stereocenters. The number of hydrogen-bond acceptors (Lipinski definition) is 4. The Morgan fingerprint density at radius 2 is 2.20 bits per heavy atom. The Morgan fingerprint density at radius 1 is 1.50 bits per heavy atom. The van der Waals surface area contributed by atoms with E-state index in [-0.39, 0.29) is 12.6 Å². The number of carboxylic acids is 1. The van der Waals surface area contributed by atoms with Crippen molar-refractivity contribution in [1.29, 1.82) is 0 Å². The number of ether oxygens (including phenoxy) is 1. The number of likely N-dealkylation sites (N-methyl/N-ethyl adjacent to an activating group) is 1. The molecule has 6 heteroatoms. The van der Waals surface area contributed by atoms with Crippen molar-refractivity contribution in [3.05, 3.63) is 29.3 Å². The fourth-order valence-electron chi connectivity index (χ4n) is 2.30. The summed E-state index contributed by atoms with van der Waals surface area (Å²) in [5, 5.41) is 9.70. The zero-order chi connectivity index (χ0) is 14.5. The van der Waals surface area contributed by atoms with Crippen LogP contribution in [-0.4, -0.2) is 61.9 Å². The summed E-state index contributed by atoms with van der Waals surface area (Å²) < 4.78 is 5.70. The normalized spacial score (nSPS) is 19.8. The molecular weight excluding hydrogens is 280 g/mol. The van der Waals surface area contributed by atoms with Crippen LogP contribution in [0.25, 0.3) is 0 Å². The summed E-state index contributed by atoms with van der Waals surface area (Å²) in [6.45, 7) is 2.91. The molecular formula is C14H19ClN2O3. The standard InChI is InChI=1S/C14H19ClN2O3/c1-16-6-7-20-13(8-16)9-17(10-14(18)19)12-4-2-11(15)3-5-12/h2-5,13H,6-10H2,1H3,(H,18,19). The minimum atomic E-state index is -0.857. The molecule has 5 nitrogen and oxygen atoms in total. The largest absolute Gasteiger partial charge is 0.480 e. The van der Waals surface area contributed by atoms with Crippen LogP contribution in [0.15, 0.2) is 24.3 Å². The van der Waals surface area contributed by atoms with Crippen molar-refractivity contribution in [3.63, 3.8) is 0 Å². The van der Waals surface area contributed by atoms with Gasteiger partial charge in [-0.3, -0.25) is 4.79 Å². The van der Waals surface area contributed by atoms with Gasteiger partial charge in [-0.1, -0.05) is 11.6 Å². The van der Waals surface area contributed by atoms with Crippen molar-refractivity contribution in [2.75, 3.05) is 44.7 Å². The summed E-state index contributed by atoms with van der Waals surface area (Å²) in [5.41, 5.74) is 0.841. The highest BCUT2D eigenvalue weighted by atomic mass is 35.5. The third kappa shape index (κ3) is 4.37. The number of nitrogens with zero attached hydrogens (tertiary/aromatic N) is 2. The van der Waals surface area contributed by atoms with Crippen molar-refractivity contribution >= 4 is 23.3 Å². The molecule has 2 rings (SSSR count). The van der Waals surface area contributed by atoms with Crippen LogP contribution in [-0.2, 0) is 9.53 Å². The Hall–Kier alpha value is -1.30. The summed E-state index contributed by atoms with van der Waals surface area (Å²) in [5.74, 6) is -0.857. The van der Waals surface area contributed by atoms with Crippen LogP contribution in [0.1, 0.15) is 0 Å². The van der Waals surface area contributed by atoms with Gasteiger partial charge in [0, 0.05) is 30.3 Å². The van der Waals surface area contributed by atoms with Crippen LogP contribution >= 0.6 is 11.6 Å². The highest BCUT2D eigenvalue weighted by Crippen LogP contribution is 2.19. The first-order valence-corrected chi connectivity index (χ1v) is 6.95. The summed E-state index contributed by atoms with van der Waals surface area (Å²) >= 11 is 5.87. The lowest BCUT2D eigenvalue weighted by Crippen LogP contribution is -2.47. The third-order valence-electron chi connectivity index (χ3n) is 3.28. The quantitative estimate of drug-likeness (QED) is 0.894. The minimum absolute atomic E-state index is 0.0174. The number of anilines is 1. The molecule has 0 amide bonds. The number of halogens is 1. The predicted molar refractivity (Wildman–Crippen MR) is 78.5 cm³/mol. The third-order valence-corrected chi connectivity index (χ3v) is 3.54. The number of hydrogen-bond donors (Lipinski definition) is 1. The molecule has 110 valence electrons. The number of carboxylic acid groups (broad SMARTS) is 1. The fraction of sp³-hybridized carbons (Fsp3) is 0.500. The Morgan fingerprint density at radius 3 is 2.80 bits per heavy atom. The van der Waals surface area contributed by atoms with Gasteiger partial charge >= 0.3 is 5.97 Å². The maximum Gasteiger partial charge on any atom is 0.323 e. The minimum Gasteiger partial charge on any atom is -0.480 e. The Kier molecular flexibility index (Phi) is 5.23. The van der Waals surface area contributed by atoms with Gasteiger partial charge in [0.2, 0.25) is 0 Å². The summed E-state index contributed by atoms with van der Waals surface area (Å²) in [7, 11) is 2.04. The SMILES string of the molecule is CN1CCOC(CN(CC(=O)O)c2ccc(Cl)cc2)C1. The molecule has 0 radical (unpaired) electrons. The van der Waals surface area contributed by atoms with Crippen LogP contribution in [0, 0.1) is 0 Å². The highest BCUT2D eigenvalue weighted by molar-refractivity contribution is 6.30. The van der Waals surface area contributed by atoms with Crippen molar-refractivity contribution in [2.24, 2.45) is 0 Å². The predicted octanol–water partition coefficient (Wildman–Crippen LogP) is 1.56. The number of aliphatic carboxylic acids is 1. The zero-order valence-electron chi connectivity index (χ0n) is 11.5. The first-order chi connectivity index (χ1) is 9.54. The second kappa shape index (κ2) is 6.92. The van der Waals surface area contributed by atoms with E-state index in [9.17, 15) is 4.79 Å². The lowest BCUT2D eigenvalue weighted by atomic mass is 10.2. The van der Waals surface area contributed by atoms with Crippen molar-refractivity contribution < 1.29 is 14.6 Å². The van der Waals surface area contributed by atoms with Crippen LogP contribution in [0.4, 0.5) is 5.69 Å². The topological polar surface area (TPSA) is 53.0 Å². The van der Waals surface area contributed by atoms with Crippen LogP contribution in [0.5, 0.6) is 0 Å². The van der Waals surface area contributed by atoms with Gasteiger partial charge in [0.15, 0.2) is 0 Å². The summed E-state index contributed by atoms with van der Waals surface area (Å²) in [6, 6.07) is 7.19. The maximum absolute atomic E-state index is 11.0. The second-order valence-corrected chi connectivity index (χ2v) is 5.44. The zero-order valence-corrected chi connectivity index (χ0v) is 12.2. The van der Waals surface area contributed by atoms with Crippen molar-refractivity contribution in [1.82, 2.24) is 4.90 Å². The van der Waals surface area contributed by atoms with E-state index in [1.165, 1.54) is 0 Å². The molecule has 1 aromatic rings. The van der Waals surface area contributed by atoms with E-state index in [1.54, 1.807) is 12.1 Å². The van der Waals surface area contributed by atoms with Gasteiger partial charge < -0.3 is 19.6 Å². The van der Waals surface area contributed by atoms with E-state index in [1.807, 2.05) is 24.1 Å². The maximum atomic E-state index is 11.0. The molecule has 0 spiro atoms. The molecule has 1 fully saturated rings. The van der Waals surface area contributed by atoms with Gasteiger partial charge in [-0.15, -0.1) is 0 Å². The van der Waals surface area contributed by atoms with E-state index < -0.39 is 5.97 Å². The van der Waals surface area contributed by atoms with Crippen LogP contribution in [0.3, 0.4) is 0 Å². The molecule has 1 aliphatic heterocycles. The smallest absolute Gasteiger partial charge is 0.323 e. The fourth-order valence-corrected chi connectivity index (χ4v) is 2.43. The summed E-state index contributed by atoms with van der Waals surface area (Å²) in [4.78, 5) is 15.0. The first kappa shape index (κ1) is 15.1. The number of benzene rings is 1. The lowest BCUT2D eigenvalue weighted by molar-refractivity contribution is -0.135.